The molecule has 2 heterocycles. The molecule has 1 N–H and O–H groups in total. The van der Waals surface area contributed by atoms with Crippen LogP contribution in [0.15, 0.2) is 71.1 Å². The predicted octanol–water partition coefficient (Wildman–Crippen LogP) is 4.63. The number of rotatable bonds is 7. The molecule has 0 radical (unpaired) electrons. The van der Waals surface area contributed by atoms with Crippen molar-refractivity contribution in [3.63, 3.8) is 0 Å². The maximum absolute atomic E-state index is 13.4. The van der Waals surface area contributed by atoms with Crippen LogP contribution in [0, 0.1) is 0 Å². The van der Waals surface area contributed by atoms with Gasteiger partial charge in [0, 0.05) is 22.8 Å². The minimum Gasteiger partial charge on any atom is -0.490 e. The molecule has 1 aliphatic carbocycles. The lowest BCUT2D eigenvalue weighted by molar-refractivity contribution is -0.763. The minimum atomic E-state index is -0.621. The lowest BCUT2D eigenvalue weighted by Crippen LogP contribution is -2.60. The number of aromatic nitrogens is 3. The fraction of sp³-hybridized carbons (Fsp3) is 0.333. The molecule has 1 aliphatic heterocycles. The summed E-state index contributed by atoms with van der Waals surface area (Å²) in [4.78, 5) is 31.4. The molecule has 1 saturated carbocycles. The smallest absolute Gasteiger partial charge is 0.325 e. The average molecular weight is 490 g/mol. The number of nitrogens with zero attached hydrogens (tertiary/aromatic N) is 3. The number of carbonyl (C=O) groups excluding carboxylic acids is 1. The van der Waals surface area contributed by atoms with Crippen molar-refractivity contribution in [2.45, 2.75) is 56.5 Å². The van der Waals surface area contributed by atoms with Gasteiger partial charge in [0.15, 0.2) is 0 Å². The Morgan fingerprint density at radius 1 is 1.26 bits per heavy atom. The first-order valence-electron chi connectivity index (χ1n) is 12.1. The van der Waals surface area contributed by atoms with E-state index in [0.29, 0.717) is 34.3 Å². The second-order valence-electron chi connectivity index (χ2n) is 8.76. The molecule has 180 valence electrons. The van der Waals surface area contributed by atoms with Crippen LogP contribution in [0.1, 0.15) is 50.8 Å². The largest absolute Gasteiger partial charge is 0.490 e. The van der Waals surface area contributed by atoms with Crippen molar-refractivity contribution in [3.05, 3.63) is 77.1 Å². The summed E-state index contributed by atoms with van der Waals surface area (Å²) in [6.07, 6.45) is 6.16. The number of benzene rings is 2. The third-order valence-corrected chi connectivity index (χ3v) is 7.29. The minimum absolute atomic E-state index is 0.0508. The van der Waals surface area contributed by atoms with Crippen LogP contribution < -0.4 is 19.9 Å². The molecule has 3 aromatic rings. The summed E-state index contributed by atoms with van der Waals surface area (Å²) >= 11 is 1.39. The molecule has 1 aromatic heterocycles. The predicted molar refractivity (Wildman–Crippen MR) is 137 cm³/mol. The number of H-pyrrole nitrogens is 1. The summed E-state index contributed by atoms with van der Waals surface area (Å²) < 4.78 is 7.96. The molecule has 5 rings (SSSR count). The van der Waals surface area contributed by atoms with Crippen molar-refractivity contribution in [1.29, 1.82) is 0 Å². The fourth-order valence-electron chi connectivity index (χ4n) is 4.86. The number of para-hydroxylation sites is 1. The molecule has 1 atom stereocenters. The number of hydrogen-bond donors (Lipinski definition) is 1. The third-order valence-electron chi connectivity index (χ3n) is 6.43. The highest BCUT2D eigenvalue weighted by atomic mass is 32.2. The van der Waals surface area contributed by atoms with Gasteiger partial charge in [0.2, 0.25) is 11.1 Å². The van der Waals surface area contributed by atoms with E-state index in [9.17, 15) is 9.59 Å². The highest BCUT2D eigenvalue weighted by Gasteiger charge is 2.45. The zero-order valence-electron chi connectivity index (χ0n) is 19.8. The van der Waals surface area contributed by atoms with E-state index in [0.717, 1.165) is 24.2 Å². The number of thioether (sulfide) groups is 1. The maximum atomic E-state index is 13.4. The van der Waals surface area contributed by atoms with Crippen molar-refractivity contribution in [3.8, 4) is 17.0 Å². The molecule has 2 aliphatic rings. The van der Waals surface area contributed by atoms with Gasteiger partial charge in [0.1, 0.15) is 5.75 Å². The van der Waals surface area contributed by atoms with E-state index in [2.05, 4.69) is 11.6 Å². The number of fused-ring (bicyclic) bond motifs is 3. The van der Waals surface area contributed by atoms with Gasteiger partial charge in [-0.05, 0) is 60.7 Å². The Hall–Kier alpha value is -3.39. The normalized spacial score (nSPS) is 17.1. The molecule has 35 heavy (non-hydrogen) atoms. The van der Waals surface area contributed by atoms with Crippen LogP contribution >= 0.6 is 11.8 Å². The Labute approximate surface area is 208 Å². The van der Waals surface area contributed by atoms with Gasteiger partial charge < -0.3 is 4.74 Å². The first-order chi connectivity index (χ1) is 17.1. The summed E-state index contributed by atoms with van der Waals surface area (Å²) in [5, 5.41) is 5.29. The maximum Gasteiger partial charge on any atom is 0.325 e. The molecule has 0 bridgehead atoms. The molecule has 7 nitrogen and oxygen atoms in total. The van der Waals surface area contributed by atoms with Gasteiger partial charge in [0.05, 0.1) is 17.4 Å². The summed E-state index contributed by atoms with van der Waals surface area (Å²) in [7, 11) is 0. The lowest BCUT2D eigenvalue weighted by Gasteiger charge is -2.32. The molecule has 0 spiro atoms. The molecule has 0 saturated heterocycles. The number of carbonyl (C=O) groups is 1. The van der Waals surface area contributed by atoms with Gasteiger partial charge in [-0.3, -0.25) is 14.6 Å². The average Bonchev–Trinajstić information content (AvgIpc) is 3.39. The van der Waals surface area contributed by atoms with Crippen LogP contribution in [0.5, 0.6) is 5.75 Å². The monoisotopic (exact) mass is 489 g/mol. The van der Waals surface area contributed by atoms with E-state index in [1.54, 1.807) is 15.7 Å². The summed E-state index contributed by atoms with van der Waals surface area (Å²) in [5.74, 6) is 1.32. The Balaban J connectivity index is 1.69. The van der Waals surface area contributed by atoms with Gasteiger partial charge in [-0.25, -0.2) is 4.90 Å². The number of aromatic amines is 1. The van der Waals surface area contributed by atoms with E-state index in [-0.39, 0.29) is 17.6 Å². The molecule has 1 fully saturated rings. The molecule has 0 unspecified atom stereocenters. The fourth-order valence-corrected chi connectivity index (χ4v) is 5.45. The highest BCUT2D eigenvalue weighted by Crippen LogP contribution is 2.38. The Morgan fingerprint density at radius 2 is 2.06 bits per heavy atom. The molecule has 2 aromatic carbocycles. The Bertz CT molecular complexity index is 1320. The standard InChI is InChI=1S/C27H28N4O3S/c1-3-16-35-27-28-25(33)24-21-14-7-8-15-22(21)30(23(32)4-2)26(31(24)29-27)18-10-9-13-20(17-18)34-19-11-5-6-12-19/h3,7-10,13-15,17,19,26H,1,4-6,11-12,16H2,2H3/p+1/t26-/m1/s1. The summed E-state index contributed by atoms with van der Waals surface area (Å²) in [6, 6.07) is 15.3. The Morgan fingerprint density at radius 3 is 2.83 bits per heavy atom. The van der Waals surface area contributed by atoms with Gasteiger partial charge in [-0.1, -0.05) is 43.0 Å². The SMILES string of the molecule is C=CCSc1n[n+]2c(c(=O)[nH]1)-c1ccccc1N(C(=O)CC)[C@H]2c1cccc(OC2CCCC2)c1. The zero-order valence-corrected chi connectivity index (χ0v) is 20.6. The highest BCUT2D eigenvalue weighted by molar-refractivity contribution is 7.99. The van der Waals surface area contributed by atoms with Crippen LogP contribution in [0.25, 0.3) is 11.3 Å². The summed E-state index contributed by atoms with van der Waals surface area (Å²) in [5.41, 5.74) is 2.39. The van der Waals surface area contributed by atoms with E-state index in [1.807, 2.05) is 55.5 Å². The van der Waals surface area contributed by atoms with Crippen LogP contribution in [0.2, 0.25) is 0 Å². The molecule has 8 heteroatoms. The quantitative estimate of drug-likeness (QED) is 0.297. The van der Waals surface area contributed by atoms with Crippen LogP contribution in [-0.2, 0) is 4.79 Å². The number of nitrogens with one attached hydrogen (secondary N) is 1. The van der Waals surface area contributed by atoms with Gasteiger partial charge >= 0.3 is 11.3 Å². The van der Waals surface area contributed by atoms with E-state index >= 15 is 0 Å². The van der Waals surface area contributed by atoms with Crippen LogP contribution in [0.3, 0.4) is 0 Å². The number of ether oxygens (including phenoxy) is 1. The zero-order chi connectivity index (χ0) is 24.4. The molecular formula is C27H29N4O3S+. The van der Waals surface area contributed by atoms with Gasteiger partial charge in [-0.15, -0.1) is 6.58 Å². The van der Waals surface area contributed by atoms with Crippen LogP contribution in [0.4, 0.5) is 5.69 Å². The first-order valence-corrected chi connectivity index (χ1v) is 13.1. The van der Waals surface area contributed by atoms with Crippen molar-refractivity contribution in [2.75, 3.05) is 10.7 Å². The number of hydrogen-bond acceptors (Lipinski definition) is 5. The van der Waals surface area contributed by atoms with E-state index < -0.39 is 6.17 Å². The van der Waals surface area contributed by atoms with Crippen molar-refractivity contribution in [2.24, 2.45) is 0 Å². The van der Waals surface area contributed by atoms with Crippen molar-refractivity contribution in [1.82, 2.24) is 10.1 Å². The second kappa shape index (κ2) is 10.1. The van der Waals surface area contributed by atoms with E-state index in [4.69, 9.17) is 9.84 Å². The van der Waals surface area contributed by atoms with Crippen LogP contribution in [-0.4, -0.2) is 27.8 Å². The lowest BCUT2D eigenvalue weighted by atomic mass is 10.0. The topological polar surface area (TPSA) is 79.2 Å². The molecule has 1 amide bonds. The van der Waals surface area contributed by atoms with Gasteiger partial charge in [-0.2, -0.15) is 0 Å². The van der Waals surface area contributed by atoms with Crippen molar-refractivity contribution < 1.29 is 14.2 Å². The number of anilines is 1. The number of amides is 1. The van der Waals surface area contributed by atoms with E-state index in [1.165, 1.54) is 24.6 Å². The second-order valence-corrected chi connectivity index (χ2v) is 9.77. The molecular weight excluding hydrogens is 460 g/mol. The summed E-state index contributed by atoms with van der Waals surface area (Å²) in [6.45, 7) is 5.61. The van der Waals surface area contributed by atoms with Gasteiger partial charge in [0.25, 0.3) is 6.17 Å². The van der Waals surface area contributed by atoms with Crippen molar-refractivity contribution >= 4 is 23.4 Å². The third kappa shape index (κ3) is 4.50. The Kier molecular flexibility index (Phi) is 6.72. The first kappa shape index (κ1) is 23.4.